The lowest BCUT2D eigenvalue weighted by molar-refractivity contribution is -0.119. The second-order valence-electron chi connectivity index (χ2n) is 8.78. The van der Waals surface area contributed by atoms with Crippen molar-refractivity contribution in [2.24, 2.45) is 0 Å². The molecule has 0 aliphatic carbocycles. The summed E-state index contributed by atoms with van der Waals surface area (Å²) in [7, 11) is -2.52. The van der Waals surface area contributed by atoms with Gasteiger partial charge in [-0.1, -0.05) is 29.8 Å². The fourth-order valence-corrected chi connectivity index (χ4v) is 6.29. The van der Waals surface area contributed by atoms with E-state index in [0.717, 1.165) is 28.5 Å². The summed E-state index contributed by atoms with van der Waals surface area (Å²) in [6, 6.07) is 19.7. The molecule has 0 unspecified atom stereocenters. The predicted molar refractivity (Wildman–Crippen MR) is 146 cm³/mol. The monoisotopic (exact) mass is 571 g/mol. The topological polar surface area (TPSA) is 79.0 Å². The van der Waals surface area contributed by atoms with Gasteiger partial charge in [-0.2, -0.15) is 0 Å². The van der Waals surface area contributed by atoms with E-state index in [1.54, 1.807) is 18.2 Å². The van der Waals surface area contributed by atoms with E-state index in [1.807, 2.05) is 31.2 Å². The summed E-state index contributed by atoms with van der Waals surface area (Å²) < 4.78 is 34.1. The number of hydrogen-bond donors (Lipinski definition) is 1. The molecule has 0 atom stereocenters. The number of halogens is 1. The number of amides is 1. The smallest absolute Gasteiger partial charge is 0.264 e. The minimum Gasteiger partial charge on any atom is -0.496 e. The Morgan fingerprint density at radius 3 is 2.31 bits per heavy atom. The number of sulfonamides is 1. The first kappa shape index (κ1) is 26.0. The average Bonchev–Trinajstić information content (AvgIpc) is 3.42. The first-order chi connectivity index (χ1) is 17.3. The van der Waals surface area contributed by atoms with Crippen LogP contribution in [0.25, 0.3) is 0 Å². The molecule has 3 aromatic rings. The SMILES string of the molecule is COc1ccc(S(=O)(=O)N(CC(=O)NCc2ccc(N3CCCC3)cc2)c2ccc(C)cc2)cc1Br. The van der Waals surface area contributed by atoms with E-state index >= 15 is 0 Å². The summed E-state index contributed by atoms with van der Waals surface area (Å²) >= 11 is 3.35. The third-order valence-corrected chi connectivity index (χ3v) is 8.61. The molecule has 0 spiro atoms. The van der Waals surface area contributed by atoms with Gasteiger partial charge < -0.3 is 15.0 Å². The van der Waals surface area contributed by atoms with Crippen molar-refractivity contribution in [1.82, 2.24) is 5.32 Å². The van der Waals surface area contributed by atoms with Crippen molar-refractivity contribution in [3.63, 3.8) is 0 Å². The molecule has 1 heterocycles. The molecular formula is C27H30BrN3O4S. The highest BCUT2D eigenvalue weighted by Crippen LogP contribution is 2.31. The molecule has 1 amide bonds. The summed E-state index contributed by atoms with van der Waals surface area (Å²) in [6.07, 6.45) is 2.43. The average molecular weight is 573 g/mol. The second-order valence-corrected chi connectivity index (χ2v) is 11.5. The molecule has 1 aliphatic heterocycles. The van der Waals surface area contributed by atoms with Crippen LogP contribution < -0.4 is 19.3 Å². The van der Waals surface area contributed by atoms with E-state index in [1.165, 1.54) is 37.8 Å². The van der Waals surface area contributed by atoms with Crippen molar-refractivity contribution >= 4 is 43.2 Å². The van der Waals surface area contributed by atoms with Crippen molar-refractivity contribution < 1.29 is 17.9 Å². The Kier molecular flexibility index (Phi) is 8.21. The summed E-state index contributed by atoms with van der Waals surface area (Å²) in [4.78, 5) is 15.3. The largest absolute Gasteiger partial charge is 0.496 e. The van der Waals surface area contributed by atoms with E-state index in [9.17, 15) is 13.2 Å². The van der Waals surface area contributed by atoms with Gasteiger partial charge in [0.15, 0.2) is 0 Å². The third kappa shape index (κ3) is 6.02. The Labute approximate surface area is 221 Å². The van der Waals surface area contributed by atoms with E-state index in [0.29, 0.717) is 22.5 Å². The van der Waals surface area contributed by atoms with Gasteiger partial charge in [0.1, 0.15) is 12.3 Å². The molecule has 190 valence electrons. The molecule has 0 bridgehead atoms. The Bertz CT molecular complexity index is 1310. The van der Waals surface area contributed by atoms with Crippen LogP contribution in [0.15, 0.2) is 76.1 Å². The number of benzene rings is 3. The molecule has 4 rings (SSSR count). The number of nitrogens with zero attached hydrogens (tertiary/aromatic N) is 2. The van der Waals surface area contributed by atoms with Crippen LogP contribution in [0.5, 0.6) is 5.75 Å². The lowest BCUT2D eigenvalue weighted by atomic mass is 10.2. The quantitative estimate of drug-likeness (QED) is 0.396. The van der Waals surface area contributed by atoms with Crippen molar-refractivity contribution in [2.75, 3.05) is 35.9 Å². The second kappa shape index (κ2) is 11.3. The minimum atomic E-state index is -4.03. The first-order valence-corrected chi connectivity index (χ1v) is 14.0. The van der Waals surface area contributed by atoms with Crippen molar-refractivity contribution in [3.8, 4) is 5.75 Å². The van der Waals surface area contributed by atoms with Gasteiger partial charge in [0.25, 0.3) is 10.0 Å². The zero-order valence-electron chi connectivity index (χ0n) is 20.4. The van der Waals surface area contributed by atoms with Crippen LogP contribution in [0.4, 0.5) is 11.4 Å². The van der Waals surface area contributed by atoms with Gasteiger partial charge in [0.05, 0.1) is 22.2 Å². The highest BCUT2D eigenvalue weighted by atomic mass is 79.9. The molecular weight excluding hydrogens is 542 g/mol. The maximum atomic E-state index is 13.6. The number of carbonyl (C=O) groups excluding carboxylic acids is 1. The number of aryl methyl sites for hydroxylation is 1. The van der Waals surface area contributed by atoms with Gasteiger partial charge in [-0.3, -0.25) is 9.10 Å². The molecule has 1 saturated heterocycles. The highest BCUT2D eigenvalue weighted by Gasteiger charge is 2.28. The normalized spacial score (nSPS) is 13.5. The standard InChI is InChI=1S/C27H30BrN3O4S/c1-20-5-9-23(10-6-20)31(36(33,34)24-13-14-26(35-2)25(28)17-24)19-27(32)29-18-21-7-11-22(12-8-21)30-15-3-4-16-30/h5-14,17H,3-4,15-16,18-19H2,1-2H3,(H,29,32). The zero-order chi connectivity index (χ0) is 25.7. The fourth-order valence-electron chi connectivity index (χ4n) is 4.15. The van der Waals surface area contributed by atoms with Gasteiger partial charge >= 0.3 is 0 Å². The molecule has 0 radical (unpaired) electrons. The van der Waals surface area contributed by atoms with Crippen LogP contribution in [0.1, 0.15) is 24.0 Å². The van der Waals surface area contributed by atoms with Crippen LogP contribution in [0, 0.1) is 6.92 Å². The van der Waals surface area contributed by atoms with Gasteiger partial charge in [0.2, 0.25) is 5.91 Å². The number of carbonyl (C=O) groups is 1. The number of anilines is 2. The zero-order valence-corrected chi connectivity index (χ0v) is 22.8. The van der Waals surface area contributed by atoms with E-state index in [-0.39, 0.29) is 11.4 Å². The molecule has 1 fully saturated rings. The van der Waals surface area contributed by atoms with Gasteiger partial charge in [0, 0.05) is 25.3 Å². The van der Waals surface area contributed by atoms with Gasteiger partial charge in [-0.15, -0.1) is 0 Å². The molecule has 7 nitrogen and oxygen atoms in total. The van der Waals surface area contributed by atoms with E-state index in [4.69, 9.17) is 4.74 Å². The van der Waals surface area contributed by atoms with E-state index < -0.39 is 15.9 Å². The maximum Gasteiger partial charge on any atom is 0.264 e. The molecule has 0 aromatic heterocycles. The van der Waals surface area contributed by atoms with Gasteiger partial charge in [-0.25, -0.2) is 8.42 Å². The van der Waals surface area contributed by atoms with E-state index in [2.05, 4.69) is 38.3 Å². The Morgan fingerprint density at radius 2 is 1.69 bits per heavy atom. The summed E-state index contributed by atoms with van der Waals surface area (Å²) in [5, 5.41) is 2.86. The number of hydrogen-bond acceptors (Lipinski definition) is 5. The number of methoxy groups -OCH3 is 1. The summed E-state index contributed by atoms with van der Waals surface area (Å²) in [5.41, 5.74) is 3.54. The maximum absolute atomic E-state index is 13.6. The molecule has 9 heteroatoms. The first-order valence-electron chi connectivity index (χ1n) is 11.8. The van der Waals surface area contributed by atoms with Gasteiger partial charge in [-0.05, 0) is 83.7 Å². The highest BCUT2D eigenvalue weighted by molar-refractivity contribution is 9.10. The van der Waals surface area contributed by atoms with Crippen LogP contribution in [-0.2, 0) is 21.4 Å². The summed E-state index contributed by atoms with van der Waals surface area (Å²) in [5.74, 6) is 0.125. The lowest BCUT2D eigenvalue weighted by Gasteiger charge is -2.24. The van der Waals surface area contributed by atoms with Crippen LogP contribution >= 0.6 is 15.9 Å². The Hall–Kier alpha value is -3.04. The number of ether oxygens (including phenoxy) is 1. The van der Waals surface area contributed by atoms with Crippen molar-refractivity contribution in [3.05, 3.63) is 82.3 Å². The molecule has 36 heavy (non-hydrogen) atoms. The van der Waals surface area contributed by atoms with Crippen molar-refractivity contribution in [1.29, 1.82) is 0 Å². The minimum absolute atomic E-state index is 0.0565. The molecule has 1 N–H and O–H groups in total. The molecule has 3 aromatic carbocycles. The summed E-state index contributed by atoms with van der Waals surface area (Å²) in [6.45, 7) is 4.04. The van der Waals surface area contributed by atoms with Crippen LogP contribution in [-0.4, -0.2) is 41.1 Å². The predicted octanol–water partition coefficient (Wildman–Crippen LogP) is 4.88. The Balaban J connectivity index is 1.50. The number of nitrogens with one attached hydrogen (secondary N) is 1. The molecule has 0 saturated carbocycles. The number of rotatable bonds is 9. The van der Waals surface area contributed by atoms with Crippen molar-refractivity contribution in [2.45, 2.75) is 31.2 Å². The third-order valence-electron chi connectivity index (χ3n) is 6.22. The van der Waals surface area contributed by atoms with Crippen LogP contribution in [0.3, 0.4) is 0 Å². The van der Waals surface area contributed by atoms with Crippen LogP contribution in [0.2, 0.25) is 0 Å². The Morgan fingerprint density at radius 1 is 1.03 bits per heavy atom. The molecule has 1 aliphatic rings. The lowest BCUT2D eigenvalue weighted by Crippen LogP contribution is -2.40. The fraction of sp³-hybridized carbons (Fsp3) is 0.296.